The van der Waals surface area contributed by atoms with Gasteiger partial charge >= 0.3 is 0 Å². The second-order valence-electron chi connectivity index (χ2n) is 10.1. The molecular weight excluding hydrogens is 484 g/mol. The summed E-state index contributed by atoms with van der Waals surface area (Å²) < 4.78 is 29.2. The normalized spacial score (nSPS) is 13.4. The SMILES string of the molecule is CC(=O)c1cc(-c2nc(C(=O)Nc3cccc(C(F)(F)C4CC4)c3)c(C)[nH]2)c(C)c(-c2ccccc2C)c1. The Kier molecular flexibility index (Phi) is 6.47. The molecule has 2 N–H and O–H groups in total. The largest absolute Gasteiger partial charge is 0.341 e. The number of benzene rings is 3. The number of anilines is 1. The molecule has 1 fully saturated rings. The van der Waals surface area contributed by atoms with E-state index in [4.69, 9.17) is 0 Å². The van der Waals surface area contributed by atoms with E-state index in [1.807, 2.05) is 44.2 Å². The Morgan fingerprint density at radius 1 is 0.947 bits per heavy atom. The maximum absolute atomic E-state index is 14.6. The number of ketones is 1. The smallest absolute Gasteiger partial charge is 0.276 e. The number of aromatic nitrogens is 2. The number of alkyl halides is 2. The number of imidazole rings is 1. The molecule has 3 aromatic carbocycles. The molecule has 0 radical (unpaired) electrons. The Balaban J connectivity index is 1.49. The number of rotatable bonds is 7. The minimum Gasteiger partial charge on any atom is -0.341 e. The van der Waals surface area contributed by atoms with E-state index in [1.54, 1.807) is 19.1 Å². The molecule has 194 valence electrons. The minimum atomic E-state index is -2.91. The van der Waals surface area contributed by atoms with Gasteiger partial charge in [-0.15, -0.1) is 0 Å². The van der Waals surface area contributed by atoms with Crippen molar-refractivity contribution in [3.8, 4) is 22.5 Å². The fraction of sp³-hybridized carbons (Fsp3) is 0.258. The molecule has 7 heteroatoms. The highest BCUT2D eigenvalue weighted by atomic mass is 19.3. The molecule has 1 aliphatic rings. The van der Waals surface area contributed by atoms with Crippen molar-refractivity contribution in [3.63, 3.8) is 0 Å². The van der Waals surface area contributed by atoms with Crippen molar-refractivity contribution in [2.45, 2.75) is 46.5 Å². The second kappa shape index (κ2) is 9.63. The molecule has 5 rings (SSSR count). The third-order valence-electron chi connectivity index (χ3n) is 7.20. The zero-order valence-corrected chi connectivity index (χ0v) is 21.8. The molecule has 4 aromatic rings. The number of nitrogens with zero attached hydrogens (tertiary/aromatic N) is 1. The van der Waals surface area contributed by atoms with Gasteiger partial charge in [-0.1, -0.05) is 36.4 Å². The van der Waals surface area contributed by atoms with Crippen LogP contribution < -0.4 is 5.32 Å². The number of aryl methyl sites for hydroxylation is 2. The van der Waals surface area contributed by atoms with Crippen LogP contribution in [0.3, 0.4) is 0 Å². The molecular formula is C31H29F2N3O2. The first kappa shape index (κ1) is 25.5. The zero-order chi connectivity index (χ0) is 27.2. The van der Waals surface area contributed by atoms with E-state index in [1.165, 1.54) is 25.1 Å². The molecule has 38 heavy (non-hydrogen) atoms. The summed E-state index contributed by atoms with van der Waals surface area (Å²) in [6.45, 7) is 7.23. The van der Waals surface area contributed by atoms with Crippen LogP contribution >= 0.6 is 0 Å². The Labute approximate surface area is 220 Å². The minimum absolute atomic E-state index is 0.0785. The lowest BCUT2D eigenvalue weighted by molar-refractivity contribution is -0.0285. The van der Waals surface area contributed by atoms with Gasteiger partial charge in [-0.25, -0.2) is 13.8 Å². The van der Waals surface area contributed by atoms with Crippen LogP contribution in [0.25, 0.3) is 22.5 Å². The number of Topliss-reactive ketones (excluding diaryl/α,β-unsaturated/α-hetero) is 1. The summed E-state index contributed by atoms with van der Waals surface area (Å²) in [5, 5.41) is 2.72. The van der Waals surface area contributed by atoms with Crippen molar-refractivity contribution >= 4 is 17.4 Å². The standard InChI is InChI=1S/C31H29F2N3O2/c1-17-8-5-6-11-25(17)26-14-21(20(4)37)15-27(18(26)2)29-34-19(3)28(36-29)30(38)35-24-10-7-9-23(16-24)31(32,33)22-12-13-22/h5-11,14-16,22H,12-13H2,1-4H3,(H,34,36)(H,35,38). The van der Waals surface area contributed by atoms with Crippen LogP contribution in [0.15, 0.2) is 60.7 Å². The third kappa shape index (κ3) is 4.76. The van der Waals surface area contributed by atoms with Gasteiger partial charge in [0.25, 0.3) is 11.8 Å². The van der Waals surface area contributed by atoms with E-state index in [2.05, 4.69) is 15.3 Å². The van der Waals surface area contributed by atoms with Crippen LogP contribution in [-0.2, 0) is 5.92 Å². The van der Waals surface area contributed by atoms with Gasteiger partial charge in [-0.05, 0) is 87.1 Å². The molecule has 0 bridgehead atoms. The number of carbonyl (C=O) groups excluding carboxylic acids is 2. The Morgan fingerprint density at radius 2 is 1.66 bits per heavy atom. The highest BCUT2D eigenvalue weighted by Crippen LogP contribution is 2.50. The van der Waals surface area contributed by atoms with Gasteiger partial charge in [0, 0.05) is 34.0 Å². The first-order valence-electron chi connectivity index (χ1n) is 12.6. The Bertz CT molecular complexity index is 1570. The molecule has 0 aliphatic heterocycles. The number of carbonyl (C=O) groups is 2. The van der Waals surface area contributed by atoms with Crippen molar-refractivity contribution in [3.05, 3.63) is 94.3 Å². The second-order valence-corrected chi connectivity index (χ2v) is 10.1. The number of hydrogen-bond acceptors (Lipinski definition) is 3. The zero-order valence-electron chi connectivity index (χ0n) is 21.8. The lowest BCUT2D eigenvalue weighted by Gasteiger charge is -2.17. The number of nitrogens with one attached hydrogen (secondary N) is 2. The van der Waals surface area contributed by atoms with Crippen LogP contribution in [0.1, 0.15) is 63.0 Å². The summed E-state index contributed by atoms with van der Waals surface area (Å²) in [4.78, 5) is 33.3. The Morgan fingerprint density at radius 3 is 2.34 bits per heavy atom. The predicted molar refractivity (Wildman–Crippen MR) is 145 cm³/mol. The average molecular weight is 514 g/mol. The summed E-state index contributed by atoms with van der Waals surface area (Å²) >= 11 is 0. The summed E-state index contributed by atoms with van der Waals surface area (Å²) in [7, 11) is 0. The summed E-state index contributed by atoms with van der Waals surface area (Å²) in [6, 6.07) is 17.4. The topological polar surface area (TPSA) is 74.8 Å². The van der Waals surface area contributed by atoms with Gasteiger partial charge in [0.1, 0.15) is 11.5 Å². The maximum Gasteiger partial charge on any atom is 0.276 e. The third-order valence-corrected chi connectivity index (χ3v) is 7.20. The maximum atomic E-state index is 14.6. The Hall–Kier alpha value is -4.13. The van der Waals surface area contributed by atoms with E-state index in [-0.39, 0.29) is 22.7 Å². The molecule has 1 aliphatic carbocycles. The summed E-state index contributed by atoms with van der Waals surface area (Å²) in [6.07, 6.45) is 1.02. The van der Waals surface area contributed by atoms with E-state index < -0.39 is 17.7 Å². The van der Waals surface area contributed by atoms with Crippen molar-refractivity contribution in [2.75, 3.05) is 5.32 Å². The molecule has 0 saturated heterocycles. The van der Waals surface area contributed by atoms with Crippen LogP contribution in [0.5, 0.6) is 0 Å². The van der Waals surface area contributed by atoms with Crippen LogP contribution in [0.2, 0.25) is 0 Å². The molecule has 1 saturated carbocycles. The summed E-state index contributed by atoms with van der Waals surface area (Å²) in [5.41, 5.74) is 6.05. The number of aromatic amines is 1. The van der Waals surface area contributed by atoms with Crippen molar-refractivity contribution in [2.24, 2.45) is 5.92 Å². The predicted octanol–water partition coefficient (Wildman–Crippen LogP) is 7.63. The first-order chi connectivity index (χ1) is 18.1. The average Bonchev–Trinajstić information content (AvgIpc) is 3.67. The fourth-order valence-corrected chi connectivity index (χ4v) is 4.80. The number of amides is 1. The monoisotopic (exact) mass is 513 g/mol. The fourth-order valence-electron chi connectivity index (χ4n) is 4.80. The van der Waals surface area contributed by atoms with Gasteiger partial charge in [-0.2, -0.15) is 0 Å². The molecule has 0 unspecified atom stereocenters. The molecule has 1 aromatic heterocycles. The molecule has 5 nitrogen and oxygen atoms in total. The van der Waals surface area contributed by atoms with Gasteiger partial charge in [-0.3, -0.25) is 9.59 Å². The highest BCUT2D eigenvalue weighted by Gasteiger charge is 2.48. The van der Waals surface area contributed by atoms with Crippen LogP contribution in [-0.4, -0.2) is 21.7 Å². The van der Waals surface area contributed by atoms with Crippen molar-refractivity contribution < 1.29 is 18.4 Å². The number of H-pyrrole nitrogens is 1. The molecule has 0 atom stereocenters. The molecule has 1 heterocycles. The van der Waals surface area contributed by atoms with Gasteiger partial charge in [0.05, 0.1) is 0 Å². The van der Waals surface area contributed by atoms with Crippen LogP contribution in [0, 0.1) is 26.7 Å². The van der Waals surface area contributed by atoms with Gasteiger partial charge < -0.3 is 10.3 Å². The number of hydrogen-bond donors (Lipinski definition) is 2. The summed E-state index contributed by atoms with van der Waals surface area (Å²) in [5.74, 6) is -3.67. The van der Waals surface area contributed by atoms with Gasteiger partial charge in [0.2, 0.25) is 0 Å². The van der Waals surface area contributed by atoms with Crippen molar-refractivity contribution in [1.29, 1.82) is 0 Å². The first-order valence-corrected chi connectivity index (χ1v) is 12.6. The van der Waals surface area contributed by atoms with E-state index in [0.29, 0.717) is 35.5 Å². The van der Waals surface area contributed by atoms with Crippen LogP contribution in [0.4, 0.5) is 14.5 Å². The van der Waals surface area contributed by atoms with Crippen molar-refractivity contribution in [1.82, 2.24) is 9.97 Å². The van der Waals surface area contributed by atoms with E-state index in [0.717, 1.165) is 22.3 Å². The van der Waals surface area contributed by atoms with E-state index >= 15 is 0 Å². The molecule has 0 spiro atoms. The lowest BCUT2D eigenvalue weighted by Crippen LogP contribution is -2.18. The number of halogens is 2. The van der Waals surface area contributed by atoms with Gasteiger partial charge in [0.15, 0.2) is 5.78 Å². The molecule has 1 amide bonds. The van der Waals surface area contributed by atoms with E-state index in [9.17, 15) is 18.4 Å². The highest BCUT2D eigenvalue weighted by molar-refractivity contribution is 6.04. The lowest BCUT2D eigenvalue weighted by atomic mass is 9.90. The quantitative estimate of drug-likeness (QED) is 0.250.